The van der Waals surface area contributed by atoms with Gasteiger partial charge in [0, 0.05) is 22.1 Å². The van der Waals surface area contributed by atoms with E-state index in [1.807, 2.05) is 18.2 Å². The third-order valence-electron chi connectivity index (χ3n) is 10.1. The molecule has 0 spiro atoms. The smallest absolute Gasteiger partial charge is 0.164 e. The third-order valence-corrected chi connectivity index (χ3v) is 10.1. The lowest BCUT2D eigenvalue weighted by atomic mass is 9.74. The molecule has 0 fully saturated rings. The first-order valence-electron chi connectivity index (χ1n) is 15.8. The van der Waals surface area contributed by atoms with Crippen LogP contribution in [0, 0.1) is 0 Å². The fraction of sp³-hybridized carbons (Fsp3) is 0.119. The fourth-order valence-electron chi connectivity index (χ4n) is 7.76. The maximum absolute atomic E-state index is 5.33. The van der Waals surface area contributed by atoms with Gasteiger partial charge in [-0.2, -0.15) is 0 Å². The lowest BCUT2D eigenvalue weighted by Crippen LogP contribution is -2.20. The highest BCUT2D eigenvalue weighted by Gasteiger charge is 2.43. The molecule has 1 heterocycles. The first kappa shape index (κ1) is 26.0. The third kappa shape index (κ3) is 3.80. The van der Waals surface area contributed by atoms with Gasteiger partial charge in [0.25, 0.3) is 0 Å². The Morgan fingerprint density at radius 3 is 2.04 bits per heavy atom. The number of hydrogen-bond donors (Lipinski definition) is 0. The van der Waals surface area contributed by atoms with E-state index in [1.165, 1.54) is 49.9 Å². The molecule has 2 aliphatic carbocycles. The van der Waals surface area contributed by atoms with Gasteiger partial charge in [-0.25, -0.2) is 15.0 Å². The lowest BCUT2D eigenvalue weighted by molar-refractivity contribution is 0.566. The summed E-state index contributed by atoms with van der Waals surface area (Å²) >= 11 is 0. The Morgan fingerprint density at radius 2 is 1.20 bits per heavy atom. The number of nitrogens with zero attached hydrogens (tertiary/aromatic N) is 3. The number of aromatic nitrogens is 3. The minimum absolute atomic E-state index is 0.128. The molecule has 7 aromatic rings. The maximum atomic E-state index is 5.33. The van der Waals surface area contributed by atoms with E-state index in [0.717, 1.165) is 40.7 Å². The van der Waals surface area contributed by atoms with Gasteiger partial charge in [-0.3, -0.25) is 0 Å². The van der Waals surface area contributed by atoms with Crippen molar-refractivity contribution in [2.75, 3.05) is 0 Å². The predicted octanol–water partition coefficient (Wildman–Crippen LogP) is 10.3. The van der Waals surface area contributed by atoms with Crippen LogP contribution < -0.4 is 0 Å². The van der Waals surface area contributed by atoms with Gasteiger partial charge in [0.15, 0.2) is 17.5 Å². The van der Waals surface area contributed by atoms with Crippen molar-refractivity contribution in [3.8, 4) is 56.4 Å². The molecule has 0 bridgehead atoms. The van der Waals surface area contributed by atoms with E-state index in [-0.39, 0.29) is 5.41 Å². The van der Waals surface area contributed by atoms with Crippen LogP contribution >= 0.6 is 0 Å². The normalized spacial score (nSPS) is 15.9. The Bertz CT molecular complexity index is 2300. The van der Waals surface area contributed by atoms with Gasteiger partial charge in [-0.15, -0.1) is 0 Å². The Morgan fingerprint density at radius 1 is 0.556 bits per heavy atom. The second kappa shape index (κ2) is 9.80. The van der Waals surface area contributed by atoms with Crippen molar-refractivity contribution in [2.45, 2.75) is 32.1 Å². The van der Waals surface area contributed by atoms with Crippen molar-refractivity contribution in [1.82, 2.24) is 15.0 Å². The topological polar surface area (TPSA) is 38.7 Å². The minimum atomic E-state index is -0.128. The van der Waals surface area contributed by atoms with E-state index in [0.29, 0.717) is 11.6 Å². The van der Waals surface area contributed by atoms with E-state index in [1.54, 1.807) is 0 Å². The number of benzene rings is 6. The molecule has 9 rings (SSSR count). The highest BCUT2D eigenvalue weighted by molar-refractivity contribution is 6.00. The first-order chi connectivity index (χ1) is 22.1. The molecule has 45 heavy (non-hydrogen) atoms. The minimum Gasteiger partial charge on any atom is -0.208 e. The second-order valence-electron chi connectivity index (χ2n) is 12.5. The van der Waals surface area contributed by atoms with Crippen LogP contribution in [0.2, 0.25) is 0 Å². The quantitative estimate of drug-likeness (QED) is 0.209. The molecule has 6 aromatic carbocycles. The fourth-order valence-corrected chi connectivity index (χ4v) is 7.76. The van der Waals surface area contributed by atoms with Crippen LogP contribution in [0.1, 0.15) is 42.5 Å². The molecule has 0 amide bonds. The van der Waals surface area contributed by atoms with Gasteiger partial charge in [0.1, 0.15) is 0 Å². The summed E-state index contributed by atoms with van der Waals surface area (Å²) in [4.78, 5) is 15.7. The largest absolute Gasteiger partial charge is 0.208 e. The Kier molecular flexibility index (Phi) is 5.67. The zero-order valence-electron chi connectivity index (χ0n) is 25.4. The molecule has 214 valence electrons. The molecule has 3 nitrogen and oxygen atoms in total. The van der Waals surface area contributed by atoms with E-state index in [2.05, 4.69) is 123 Å². The Hall–Kier alpha value is -5.41. The van der Waals surface area contributed by atoms with Crippen molar-refractivity contribution in [1.29, 1.82) is 0 Å². The van der Waals surface area contributed by atoms with E-state index < -0.39 is 0 Å². The molecule has 0 saturated heterocycles. The summed E-state index contributed by atoms with van der Waals surface area (Å²) in [5.74, 6) is 2.10. The molecular weight excluding hydrogens is 546 g/mol. The van der Waals surface area contributed by atoms with Gasteiger partial charge >= 0.3 is 0 Å². The monoisotopic (exact) mass is 577 g/mol. The number of hydrogen-bond acceptors (Lipinski definition) is 3. The van der Waals surface area contributed by atoms with Crippen molar-refractivity contribution < 1.29 is 0 Å². The molecule has 0 radical (unpaired) electrons. The lowest BCUT2D eigenvalue weighted by Gasteiger charge is -2.28. The molecule has 1 aromatic heterocycles. The van der Waals surface area contributed by atoms with E-state index in [4.69, 9.17) is 15.0 Å². The summed E-state index contributed by atoms with van der Waals surface area (Å²) in [5.41, 5.74) is 13.8. The molecule has 0 aliphatic heterocycles. The van der Waals surface area contributed by atoms with Gasteiger partial charge in [0.2, 0.25) is 0 Å². The van der Waals surface area contributed by atoms with Crippen molar-refractivity contribution in [3.05, 3.63) is 150 Å². The average Bonchev–Trinajstić information content (AvgIpc) is 3.61. The van der Waals surface area contributed by atoms with E-state index >= 15 is 0 Å². The molecule has 0 N–H and O–H groups in total. The molecule has 3 heteroatoms. The van der Waals surface area contributed by atoms with Crippen molar-refractivity contribution in [3.63, 3.8) is 0 Å². The first-order valence-corrected chi connectivity index (χ1v) is 15.8. The van der Waals surface area contributed by atoms with Crippen LogP contribution in [0.4, 0.5) is 0 Å². The Balaban J connectivity index is 1.39. The SMILES string of the molecule is CCC1(C)c2ccccc2-c2c(-c3nc(-c4ccccc4)nc(-c4cccc5ccccc45)n3)cc3c(c21)-c1ccccc1C3. The van der Waals surface area contributed by atoms with Crippen LogP contribution in [0.15, 0.2) is 127 Å². The van der Waals surface area contributed by atoms with E-state index in [9.17, 15) is 0 Å². The van der Waals surface area contributed by atoms with Gasteiger partial charge in [-0.1, -0.05) is 135 Å². The molecule has 1 unspecified atom stereocenters. The summed E-state index contributed by atoms with van der Waals surface area (Å²) in [6.07, 6.45) is 1.91. The predicted molar refractivity (Wildman–Crippen MR) is 184 cm³/mol. The molecule has 1 atom stereocenters. The van der Waals surface area contributed by atoms with Gasteiger partial charge in [0.05, 0.1) is 0 Å². The average molecular weight is 578 g/mol. The number of fused-ring (bicyclic) bond motifs is 8. The second-order valence-corrected chi connectivity index (χ2v) is 12.5. The van der Waals surface area contributed by atoms with Crippen LogP contribution in [0.25, 0.3) is 67.2 Å². The Labute approximate surface area is 263 Å². The van der Waals surface area contributed by atoms with Crippen LogP contribution in [-0.2, 0) is 11.8 Å². The highest BCUT2D eigenvalue weighted by atomic mass is 15.0. The summed E-state index contributed by atoms with van der Waals surface area (Å²) < 4.78 is 0. The van der Waals surface area contributed by atoms with Crippen molar-refractivity contribution >= 4 is 10.8 Å². The maximum Gasteiger partial charge on any atom is 0.164 e. The molecule has 2 aliphatic rings. The molecule has 0 saturated carbocycles. The summed E-state index contributed by atoms with van der Waals surface area (Å²) in [5, 5.41) is 2.30. The highest BCUT2D eigenvalue weighted by Crippen LogP contribution is 2.59. The summed E-state index contributed by atoms with van der Waals surface area (Å²) in [6, 6.07) is 45.4. The van der Waals surface area contributed by atoms with Gasteiger partial charge in [-0.05, 0) is 74.2 Å². The molecular formula is C42H31N3. The zero-order chi connectivity index (χ0) is 30.1. The summed E-state index contributed by atoms with van der Waals surface area (Å²) in [7, 11) is 0. The van der Waals surface area contributed by atoms with Crippen LogP contribution in [0.3, 0.4) is 0 Å². The van der Waals surface area contributed by atoms with Crippen molar-refractivity contribution in [2.24, 2.45) is 0 Å². The standard InChI is InChI=1S/C42H31N3/c1-3-42(2)35-23-12-11-21-33(35)37-34(25-29-24-28-17-8-10-20-31(28)36(29)38(37)42)41-44-39(27-15-5-4-6-16-27)43-40(45-41)32-22-13-18-26-14-7-9-19-30(26)32/h4-23,25H,3,24H2,1-2H3. The summed E-state index contributed by atoms with van der Waals surface area (Å²) in [6.45, 7) is 4.74. The zero-order valence-corrected chi connectivity index (χ0v) is 25.4. The van der Waals surface area contributed by atoms with Crippen LogP contribution in [0.5, 0.6) is 0 Å². The van der Waals surface area contributed by atoms with Gasteiger partial charge < -0.3 is 0 Å². The van der Waals surface area contributed by atoms with Crippen LogP contribution in [-0.4, -0.2) is 15.0 Å². The number of rotatable bonds is 4.